The first kappa shape index (κ1) is 18.1. The Morgan fingerprint density at radius 3 is 2.92 bits per heavy atom. The average Bonchev–Trinajstić information content (AvgIpc) is 3.08. The first-order valence-electron chi connectivity index (χ1n) is 9.13. The molecule has 2 heterocycles. The van der Waals surface area contributed by atoms with Crippen molar-refractivity contribution in [3.8, 4) is 11.5 Å². The number of nitrogens with zero attached hydrogens (tertiary/aromatic N) is 3. The summed E-state index contributed by atoms with van der Waals surface area (Å²) < 4.78 is 13.5. The smallest absolute Gasteiger partial charge is 0.191 e. The SMILES string of the molecule is CCNC(=NCC1COc2ccccc2O1)NCCCc1cnn(C)c1. The van der Waals surface area contributed by atoms with Crippen LogP contribution in [0, 0.1) is 0 Å². The van der Waals surface area contributed by atoms with Gasteiger partial charge in [0.15, 0.2) is 23.6 Å². The zero-order chi connectivity index (χ0) is 18.2. The van der Waals surface area contributed by atoms with Crippen molar-refractivity contribution in [2.45, 2.75) is 25.9 Å². The van der Waals surface area contributed by atoms with Crippen molar-refractivity contribution in [2.24, 2.45) is 12.0 Å². The monoisotopic (exact) mass is 357 g/mol. The van der Waals surface area contributed by atoms with E-state index < -0.39 is 0 Å². The molecule has 0 aliphatic carbocycles. The van der Waals surface area contributed by atoms with Gasteiger partial charge in [0.1, 0.15) is 6.61 Å². The summed E-state index contributed by atoms with van der Waals surface area (Å²) in [4.78, 5) is 4.63. The maximum Gasteiger partial charge on any atom is 0.191 e. The Morgan fingerprint density at radius 2 is 2.15 bits per heavy atom. The van der Waals surface area contributed by atoms with Gasteiger partial charge in [-0.3, -0.25) is 4.68 Å². The van der Waals surface area contributed by atoms with Crippen molar-refractivity contribution in [1.29, 1.82) is 0 Å². The van der Waals surface area contributed by atoms with E-state index in [1.807, 2.05) is 42.2 Å². The van der Waals surface area contributed by atoms with Crippen LogP contribution in [-0.4, -0.2) is 48.1 Å². The molecule has 0 bridgehead atoms. The van der Waals surface area contributed by atoms with Crippen LogP contribution in [0.15, 0.2) is 41.7 Å². The lowest BCUT2D eigenvalue weighted by Crippen LogP contribution is -2.40. The summed E-state index contributed by atoms with van der Waals surface area (Å²) in [5.74, 6) is 2.39. The molecule has 2 aromatic rings. The normalized spacial score (nSPS) is 16.4. The molecule has 140 valence electrons. The first-order valence-corrected chi connectivity index (χ1v) is 9.13. The molecule has 1 aliphatic rings. The Hall–Kier alpha value is -2.70. The number of ether oxygens (including phenoxy) is 2. The van der Waals surface area contributed by atoms with E-state index in [0.717, 1.165) is 43.4 Å². The van der Waals surface area contributed by atoms with E-state index >= 15 is 0 Å². The lowest BCUT2D eigenvalue weighted by molar-refractivity contribution is 0.0971. The third-order valence-electron chi connectivity index (χ3n) is 4.06. The van der Waals surface area contributed by atoms with Gasteiger partial charge in [-0.15, -0.1) is 0 Å². The van der Waals surface area contributed by atoms with Crippen LogP contribution in [0.3, 0.4) is 0 Å². The first-order chi connectivity index (χ1) is 12.7. The van der Waals surface area contributed by atoms with Crippen LogP contribution < -0.4 is 20.1 Å². The van der Waals surface area contributed by atoms with Gasteiger partial charge < -0.3 is 20.1 Å². The molecule has 1 atom stereocenters. The second-order valence-electron chi connectivity index (χ2n) is 6.27. The van der Waals surface area contributed by atoms with E-state index in [1.54, 1.807) is 0 Å². The van der Waals surface area contributed by atoms with Crippen LogP contribution in [0.2, 0.25) is 0 Å². The Kier molecular flexibility index (Phi) is 6.35. The topological polar surface area (TPSA) is 72.7 Å². The van der Waals surface area contributed by atoms with Gasteiger partial charge in [0.2, 0.25) is 0 Å². The Morgan fingerprint density at radius 1 is 1.31 bits per heavy atom. The van der Waals surface area contributed by atoms with Gasteiger partial charge in [0.05, 0.1) is 12.7 Å². The van der Waals surface area contributed by atoms with E-state index in [0.29, 0.717) is 13.2 Å². The number of aryl methyl sites for hydroxylation is 2. The minimum Gasteiger partial charge on any atom is -0.486 e. The summed E-state index contributed by atoms with van der Waals surface area (Å²) in [6.45, 7) is 4.79. The third-order valence-corrected chi connectivity index (χ3v) is 4.06. The van der Waals surface area contributed by atoms with Crippen LogP contribution >= 0.6 is 0 Å². The number of hydrogen-bond donors (Lipinski definition) is 2. The van der Waals surface area contributed by atoms with Crippen molar-refractivity contribution in [3.05, 3.63) is 42.2 Å². The van der Waals surface area contributed by atoms with Crippen molar-refractivity contribution in [3.63, 3.8) is 0 Å². The van der Waals surface area contributed by atoms with E-state index in [-0.39, 0.29) is 6.10 Å². The standard InChI is InChI=1S/C19H27N5O2/c1-3-20-19(21-10-6-7-15-11-23-24(2)13-15)22-12-16-14-25-17-8-4-5-9-18(17)26-16/h4-5,8-9,11,13,16H,3,6-7,10,12,14H2,1-2H3,(H2,20,21,22). The lowest BCUT2D eigenvalue weighted by atomic mass is 10.2. The van der Waals surface area contributed by atoms with Gasteiger partial charge in [0.25, 0.3) is 0 Å². The highest BCUT2D eigenvalue weighted by Gasteiger charge is 2.20. The van der Waals surface area contributed by atoms with Crippen LogP contribution in [0.1, 0.15) is 18.9 Å². The molecule has 7 heteroatoms. The molecule has 1 aliphatic heterocycles. The van der Waals surface area contributed by atoms with Gasteiger partial charge in [-0.25, -0.2) is 4.99 Å². The maximum atomic E-state index is 5.95. The molecule has 2 N–H and O–H groups in total. The minimum absolute atomic E-state index is 0.0734. The number of benzene rings is 1. The largest absolute Gasteiger partial charge is 0.486 e. The highest BCUT2D eigenvalue weighted by Crippen LogP contribution is 2.30. The molecule has 0 spiro atoms. The molecule has 0 amide bonds. The van der Waals surface area contributed by atoms with Crippen molar-refractivity contribution >= 4 is 5.96 Å². The summed E-state index contributed by atoms with van der Waals surface area (Å²) >= 11 is 0. The average molecular weight is 357 g/mol. The van der Waals surface area contributed by atoms with Crippen LogP contribution in [-0.2, 0) is 13.5 Å². The molecule has 3 rings (SSSR count). The highest BCUT2D eigenvalue weighted by atomic mass is 16.6. The third kappa shape index (κ3) is 5.15. The van der Waals surface area contributed by atoms with E-state index in [4.69, 9.17) is 9.47 Å². The number of nitrogens with one attached hydrogen (secondary N) is 2. The number of aliphatic imine (C=N–C) groups is 1. The van der Waals surface area contributed by atoms with Gasteiger partial charge in [0, 0.05) is 26.3 Å². The number of guanidine groups is 1. The Labute approximate surface area is 154 Å². The molecule has 0 radical (unpaired) electrons. The molecule has 0 saturated heterocycles. The predicted octanol–water partition coefficient (Wildman–Crippen LogP) is 1.75. The van der Waals surface area contributed by atoms with Crippen LogP contribution in [0.4, 0.5) is 0 Å². The number of aromatic nitrogens is 2. The van der Waals surface area contributed by atoms with Gasteiger partial charge in [-0.2, -0.15) is 5.10 Å². The summed E-state index contributed by atoms with van der Waals surface area (Å²) in [6.07, 6.45) is 5.91. The van der Waals surface area contributed by atoms with Gasteiger partial charge >= 0.3 is 0 Å². The molecule has 26 heavy (non-hydrogen) atoms. The maximum absolute atomic E-state index is 5.95. The summed E-state index contributed by atoms with van der Waals surface area (Å²) in [6, 6.07) is 7.73. The quantitative estimate of drug-likeness (QED) is 0.449. The fourth-order valence-electron chi connectivity index (χ4n) is 2.79. The summed E-state index contributed by atoms with van der Waals surface area (Å²) in [5.41, 5.74) is 1.25. The molecule has 0 fully saturated rings. The van der Waals surface area contributed by atoms with Crippen molar-refractivity contribution < 1.29 is 9.47 Å². The second kappa shape index (κ2) is 9.12. The van der Waals surface area contributed by atoms with Gasteiger partial charge in [-0.05, 0) is 37.5 Å². The van der Waals surface area contributed by atoms with Gasteiger partial charge in [-0.1, -0.05) is 12.1 Å². The van der Waals surface area contributed by atoms with Crippen molar-refractivity contribution in [1.82, 2.24) is 20.4 Å². The molecular weight excluding hydrogens is 330 g/mol. The van der Waals surface area contributed by atoms with E-state index in [9.17, 15) is 0 Å². The molecule has 0 saturated carbocycles. The van der Waals surface area contributed by atoms with E-state index in [1.165, 1.54) is 5.56 Å². The molecule has 1 aromatic heterocycles. The Bertz CT molecular complexity index is 728. The summed E-state index contributed by atoms with van der Waals surface area (Å²) in [7, 11) is 1.94. The van der Waals surface area contributed by atoms with Crippen LogP contribution in [0.25, 0.3) is 0 Å². The number of fused-ring (bicyclic) bond motifs is 1. The van der Waals surface area contributed by atoms with Crippen LogP contribution in [0.5, 0.6) is 11.5 Å². The second-order valence-corrected chi connectivity index (χ2v) is 6.27. The van der Waals surface area contributed by atoms with Crippen molar-refractivity contribution in [2.75, 3.05) is 26.2 Å². The number of hydrogen-bond acceptors (Lipinski definition) is 4. The fourth-order valence-corrected chi connectivity index (χ4v) is 2.79. The highest BCUT2D eigenvalue weighted by molar-refractivity contribution is 5.79. The minimum atomic E-state index is -0.0734. The molecule has 1 aromatic carbocycles. The molecule has 7 nitrogen and oxygen atoms in total. The lowest BCUT2D eigenvalue weighted by Gasteiger charge is -2.25. The molecule has 1 unspecified atom stereocenters. The Balaban J connectivity index is 1.45. The number of rotatable bonds is 7. The fraction of sp³-hybridized carbons (Fsp3) is 0.474. The van der Waals surface area contributed by atoms with E-state index in [2.05, 4.69) is 33.8 Å². The zero-order valence-corrected chi connectivity index (χ0v) is 15.4. The predicted molar refractivity (Wildman–Crippen MR) is 102 cm³/mol. The summed E-state index contributed by atoms with van der Waals surface area (Å²) in [5, 5.41) is 10.8. The zero-order valence-electron chi connectivity index (χ0n) is 15.4. The number of para-hydroxylation sites is 2. The molecular formula is C19H27N5O2.